The molecule has 0 aliphatic carbocycles. The molecule has 2 amide bonds. The summed E-state index contributed by atoms with van der Waals surface area (Å²) in [4.78, 5) is 23.9. The number of hydrazone groups is 1. The SMILES string of the molecule is COc1ccc(NC(=O)CC(=O)NN=Cc2cc(I)c(OC(C)C)c(OC)c2)cc1. The van der Waals surface area contributed by atoms with E-state index in [0.717, 1.165) is 9.13 Å². The zero-order valence-corrected chi connectivity index (χ0v) is 19.3. The van der Waals surface area contributed by atoms with Crippen molar-refractivity contribution in [2.24, 2.45) is 5.10 Å². The molecule has 0 atom stereocenters. The van der Waals surface area contributed by atoms with Gasteiger partial charge in [-0.05, 0) is 78.4 Å². The summed E-state index contributed by atoms with van der Waals surface area (Å²) in [6.45, 7) is 3.87. The van der Waals surface area contributed by atoms with Gasteiger partial charge in [0.2, 0.25) is 11.8 Å². The Morgan fingerprint density at radius 3 is 2.40 bits per heavy atom. The van der Waals surface area contributed by atoms with Gasteiger partial charge in [-0.25, -0.2) is 5.43 Å². The van der Waals surface area contributed by atoms with Crippen molar-refractivity contribution in [2.45, 2.75) is 26.4 Å². The molecule has 2 rings (SSSR count). The predicted molar refractivity (Wildman–Crippen MR) is 123 cm³/mol. The molecule has 2 aromatic rings. The number of nitrogens with one attached hydrogen (secondary N) is 2. The van der Waals surface area contributed by atoms with Crippen molar-refractivity contribution < 1.29 is 23.8 Å². The minimum absolute atomic E-state index is 0.00952. The molecule has 2 aromatic carbocycles. The van der Waals surface area contributed by atoms with Gasteiger partial charge in [-0.1, -0.05) is 0 Å². The number of carbonyl (C=O) groups excluding carboxylic acids is 2. The highest BCUT2D eigenvalue weighted by atomic mass is 127. The predicted octanol–water partition coefficient (Wildman–Crippen LogP) is 3.57. The number of ether oxygens (including phenoxy) is 3. The van der Waals surface area contributed by atoms with Gasteiger partial charge in [-0.2, -0.15) is 5.10 Å². The van der Waals surface area contributed by atoms with Crippen LogP contribution in [0.4, 0.5) is 5.69 Å². The van der Waals surface area contributed by atoms with Crippen LogP contribution < -0.4 is 25.0 Å². The Hall–Kier alpha value is -2.82. The first kappa shape index (κ1) is 23.5. The van der Waals surface area contributed by atoms with E-state index < -0.39 is 11.8 Å². The quantitative estimate of drug-likeness (QED) is 0.226. The zero-order valence-electron chi connectivity index (χ0n) is 17.2. The molecule has 0 bridgehead atoms. The Bertz CT molecular complexity index is 914. The molecule has 0 saturated heterocycles. The fraction of sp³-hybridized carbons (Fsp3) is 0.286. The number of hydrogen-bond donors (Lipinski definition) is 2. The first-order chi connectivity index (χ1) is 14.3. The summed E-state index contributed by atoms with van der Waals surface area (Å²) < 4.78 is 17.1. The van der Waals surface area contributed by atoms with E-state index in [2.05, 4.69) is 38.4 Å². The molecule has 0 aliphatic heterocycles. The third kappa shape index (κ3) is 7.21. The summed E-state index contributed by atoms with van der Waals surface area (Å²) in [7, 11) is 3.12. The van der Waals surface area contributed by atoms with Crippen LogP contribution in [-0.4, -0.2) is 38.4 Å². The van der Waals surface area contributed by atoms with E-state index in [1.165, 1.54) is 6.21 Å². The molecule has 0 radical (unpaired) electrons. The number of hydrogen-bond acceptors (Lipinski definition) is 6. The molecule has 160 valence electrons. The van der Waals surface area contributed by atoms with Gasteiger partial charge in [0.1, 0.15) is 12.2 Å². The Balaban J connectivity index is 1.91. The van der Waals surface area contributed by atoms with Crippen molar-refractivity contribution in [3.8, 4) is 17.2 Å². The molecule has 0 unspecified atom stereocenters. The maximum absolute atomic E-state index is 12.0. The Morgan fingerprint density at radius 2 is 1.80 bits per heavy atom. The van der Waals surface area contributed by atoms with E-state index in [4.69, 9.17) is 14.2 Å². The van der Waals surface area contributed by atoms with Crippen LogP contribution in [0.25, 0.3) is 0 Å². The van der Waals surface area contributed by atoms with Crippen LogP contribution in [0.5, 0.6) is 17.2 Å². The topological polar surface area (TPSA) is 98.2 Å². The number of anilines is 1. The molecular formula is C21H24IN3O5. The van der Waals surface area contributed by atoms with Crippen LogP contribution >= 0.6 is 22.6 Å². The average molecular weight is 525 g/mol. The Morgan fingerprint density at radius 1 is 1.10 bits per heavy atom. The van der Waals surface area contributed by atoms with E-state index in [1.54, 1.807) is 44.6 Å². The number of methoxy groups -OCH3 is 2. The number of nitrogens with zero attached hydrogens (tertiary/aromatic N) is 1. The normalized spacial score (nSPS) is 10.7. The number of carbonyl (C=O) groups is 2. The third-order valence-electron chi connectivity index (χ3n) is 3.70. The van der Waals surface area contributed by atoms with Crippen molar-refractivity contribution in [3.05, 3.63) is 45.5 Å². The summed E-state index contributed by atoms with van der Waals surface area (Å²) >= 11 is 2.15. The minimum atomic E-state index is -0.529. The molecule has 0 heterocycles. The van der Waals surface area contributed by atoms with Crippen molar-refractivity contribution in [2.75, 3.05) is 19.5 Å². The molecule has 2 N–H and O–H groups in total. The summed E-state index contributed by atoms with van der Waals surface area (Å²) in [5, 5.41) is 6.55. The zero-order chi connectivity index (χ0) is 22.1. The lowest BCUT2D eigenvalue weighted by molar-refractivity contribution is -0.126. The highest BCUT2D eigenvalue weighted by molar-refractivity contribution is 14.1. The van der Waals surface area contributed by atoms with Crippen LogP contribution in [0.3, 0.4) is 0 Å². The summed E-state index contributed by atoms with van der Waals surface area (Å²) in [6, 6.07) is 10.4. The van der Waals surface area contributed by atoms with E-state index >= 15 is 0 Å². The largest absolute Gasteiger partial charge is 0.497 e. The molecule has 0 fully saturated rings. The minimum Gasteiger partial charge on any atom is -0.497 e. The van der Waals surface area contributed by atoms with Gasteiger partial charge >= 0.3 is 0 Å². The second-order valence-corrected chi connectivity index (χ2v) is 7.61. The van der Waals surface area contributed by atoms with Crippen molar-refractivity contribution >= 4 is 46.3 Å². The lowest BCUT2D eigenvalue weighted by Gasteiger charge is -2.15. The van der Waals surface area contributed by atoms with Crippen LogP contribution in [0.15, 0.2) is 41.5 Å². The smallest absolute Gasteiger partial charge is 0.249 e. The monoisotopic (exact) mass is 525 g/mol. The lowest BCUT2D eigenvalue weighted by Crippen LogP contribution is -2.24. The first-order valence-corrected chi connectivity index (χ1v) is 10.2. The molecule has 0 aromatic heterocycles. The van der Waals surface area contributed by atoms with Gasteiger partial charge in [-0.3, -0.25) is 9.59 Å². The molecule has 8 nitrogen and oxygen atoms in total. The molecular weight excluding hydrogens is 501 g/mol. The van der Waals surface area contributed by atoms with Crippen LogP contribution in [0.1, 0.15) is 25.8 Å². The fourth-order valence-corrected chi connectivity index (χ4v) is 3.16. The third-order valence-corrected chi connectivity index (χ3v) is 4.50. The van der Waals surface area contributed by atoms with Gasteiger partial charge in [0, 0.05) is 5.69 Å². The molecule has 0 spiro atoms. The fourth-order valence-electron chi connectivity index (χ4n) is 2.41. The average Bonchev–Trinajstić information content (AvgIpc) is 2.69. The number of halogens is 1. The van der Waals surface area contributed by atoms with Crippen molar-refractivity contribution in [1.29, 1.82) is 0 Å². The standard InChI is InChI=1S/C21H24IN3O5/c1-13(2)30-21-17(22)9-14(10-18(21)29-4)12-23-25-20(27)11-19(26)24-15-5-7-16(28-3)8-6-15/h5-10,12-13H,11H2,1-4H3,(H,24,26)(H,25,27). The van der Waals surface area contributed by atoms with Gasteiger partial charge in [0.25, 0.3) is 0 Å². The second kappa shape index (κ2) is 11.4. The van der Waals surface area contributed by atoms with E-state index in [9.17, 15) is 9.59 Å². The van der Waals surface area contributed by atoms with Crippen LogP contribution in [0, 0.1) is 3.57 Å². The Labute approximate surface area is 189 Å². The van der Waals surface area contributed by atoms with Crippen LogP contribution in [-0.2, 0) is 9.59 Å². The summed E-state index contributed by atoms with van der Waals surface area (Å²) in [6.07, 6.45) is 1.13. The maximum atomic E-state index is 12.0. The van der Waals surface area contributed by atoms with Crippen molar-refractivity contribution in [3.63, 3.8) is 0 Å². The van der Waals surface area contributed by atoms with Crippen molar-refractivity contribution in [1.82, 2.24) is 5.43 Å². The number of rotatable bonds is 9. The van der Waals surface area contributed by atoms with Gasteiger partial charge < -0.3 is 19.5 Å². The van der Waals surface area contributed by atoms with Gasteiger partial charge in [0.15, 0.2) is 11.5 Å². The van der Waals surface area contributed by atoms with E-state index in [0.29, 0.717) is 22.9 Å². The van der Waals surface area contributed by atoms with Gasteiger partial charge in [0.05, 0.1) is 30.1 Å². The lowest BCUT2D eigenvalue weighted by atomic mass is 10.2. The molecule has 30 heavy (non-hydrogen) atoms. The molecule has 0 aliphatic rings. The summed E-state index contributed by atoms with van der Waals surface area (Å²) in [5.74, 6) is 0.930. The summed E-state index contributed by atoms with van der Waals surface area (Å²) in [5.41, 5.74) is 3.63. The van der Waals surface area contributed by atoms with E-state index in [-0.39, 0.29) is 12.5 Å². The highest BCUT2D eigenvalue weighted by Gasteiger charge is 2.13. The second-order valence-electron chi connectivity index (χ2n) is 6.45. The highest BCUT2D eigenvalue weighted by Crippen LogP contribution is 2.34. The van der Waals surface area contributed by atoms with Crippen LogP contribution in [0.2, 0.25) is 0 Å². The molecule has 0 saturated carbocycles. The van der Waals surface area contributed by atoms with Gasteiger partial charge in [-0.15, -0.1) is 0 Å². The van der Waals surface area contributed by atoms with E-state index in [1.807, 2.05) is 19.9 Å². The molecule has 9 heteroatoms. The first-order valence-electron chi connectivity index (χ1n) is 9.12. The number of benzene rings is 2. The number of amides is 2. The maximum Gasteiger partial charge on any atom is 0.249 e. The Kier molecular flexibility index (Phi) is 8.90.